The van der Waals surface area contributed by atoms with Crippen molar-refractivity contribution in [3.05, 3.63) is 46.3 Å². The van der Waals surface area contributed by atoms with Crippen LogP contribution in [0, 0.1) is 13.8 Å². The fourth-order valence-electron chi connectivity index (χ4n) is 4.39. The third-order valence-electron chi connectivity index (χ3n) is 6.25. The summed E-state index contributed by atoms with van der Waals surface area (Å²) < 4.78 is 15.7. The normalized spacial score (nSPS) is 17.5. The van der Waals surface area contributed by atoms with Crippen LogP contribution in [0.5, 0.6) is 11.5 Å². The van der Waals surface area contributed by atoms with E-state index in [-0.39, 0.29) is 18.6 Å². The Bertz CT molecular complexity index is 991. The van der Waals surface area contributed by atoms with Crippen molar-refractivity contribution < 1.29 is 23.8 Å². The zero-order valence-corrected chi connectivity index (χ0v) is 18.5. The lowest BCUT2D eigenvalue weighted by Crippen LogP contribution is -2.51. The summed E-state index contributed by atoms with van der Waals surface area (Å²) >= 11 is 0. The van der Waals surface area contributed by atoms with Gasteiger partial charge in [0.15, 0.2) is 17.3 Å². The van der Waals surface area contributed by atoms with Crippen LogP contribution in [0.3, 0.4) is 0 Å². The molecular weight excluding hydrogens is 398 g/mol. The largest absolute Gasteiger partial charge is 0.465 e. The number of fused-ring (bicyclic) bond motifs is 1. The van der Waals surface area contributed by atoms with Gasteiger partial charge in [0, 0.05) is 38.4 Å². The number of nitrogens with one attached hydrogen (secondary N) is 1. The fourth-order valence-corrected chi connectivity index (χ4v) is 4.39. The zero-order chi connectivity index (χ0) is 22.1. The summed E-state index contributed by atoms with van der Waals surface area (Å²) in [5.74, 6) is 1.18. The van der Waals surface area contributed by atoms with E-state index in [0.29, 0.717) is 22.5 Å². The second-order valence-electron chi connectivity index (χ2n) is 8.16. The standard InChI is InChI=1S/C23H29N3O5/c1-14-20(23(28)29-4)15(2)24-21(14)22(27)16(3)26-9-7-25(8-10-26)12-17-5-6-18-19(11-17)31-13-30-18/h5-6,11,16,24H,7-10,12-13H2,1-4H3. The Morgan fingerprint density at radius 1 is 1.13 bits per heavy atom. The van der Waals surface area contributed by atoms with Gasteiger partial charge in [0.25, 0.3) is 0 Å². The van der Waals surface area contributed by atoms with Crippen LogP contribution >= 0.6 is 0 Å². The average molecular weight is 428 g/mol. The summed E-state index contributed by atoms with van der Waals surface area (Å²) in [7, 11) is 1.35. The first-order valence-corrected chi connectivity index (χ1v) is 10.6. The number of methoxy groups -OCH3 is 1. The van der Waals surface area contributed by atoms with Gasteiger partial charge >= 0.3 is 5.97 Å². The average Bonchev–Trinajstić information content (AvgIpc) is 3.36. The number of aryl methyl sites for hydroxylation is 1. The maximum atomic E-state index is 13.2. The number of esters is 1. The van der Waals surface area contributed by atoms with Gasteiger partial charge in [0.1, 0.15) is 0 Å². The van der Waals surface area contributed by atoms with Crippen LogP contribution in [0.2, 0.25) is 0 Å². The molecule has 0 spiro atoms. The van der Waals surface area contributed by atoms with Gasteiger partial charge in [-0.25, -0.2) is 4.79 Å². The highest BCUT2D eigenvalue weighted by Crippen LogP contribution is 2.33. The Labute approximate surface area is 182 Å². The Morgan fingerprint density at radius 2 is 1.84 bits per heavy atom. The molecule has 1 N–H and O–H groups in total. The molecule has 166 valence electrons. The van der Waals surface area contributed by atoms with Gasteiger partial charge in [0.05, 0.1) is 24.4 Å². The summed E-state index contributed by atoms with van der Waals surface area (Å²) in [6.07, 6.45) is 0. The number of rotatable bonds is 6. The Morgan fingerprint density at radius 3 is 2.55 bits per heavy atom. The van der Waals surface area contributed by atoms with Crippen LogP contribution in [-0.4, -0.2) is 72.7 Å². The topological polar surface area (TPSA) is 84.1 Å². The molecule has 8 nitrogen and oxygen atoms in total. The van der Waals surface area contributed by atoms with Crippen molar-refractivity contribution in [2.75, 3.05) is 40.1 Å². The molecule has 0 bridgehead atoms. The van der Waals surface area contributed by atoms with E-state index in [2.05, 4.69) is 20.9 Å². The van der Waals surface area contributed by atoms with Crippen molar-refractivity contribution >= 4 is 11.8 Å². The van der Waals surface area contributed by atoms with E-state index in [4.69, 9.17) is 14.2 Å². The number of benzene rings is 1. The van der Waals surface area contributed by atoms with E-state index in [1.807, 2.05) is 19.1 Å². The van der Waals surface area contributed by atoms with Gasteiger partial charge in [-0.15, -0.1) is 0 Å². The smallest absolute Gasteiger partial charge is 0.339 e. The van der Waals surface area contributed by atoms with Gasteiger partial charge in [-0.3, -0.25) is 14.6 Å². The highest BCUT2D eigenvalue weighted by atomic mass is 16.7. The number of nitrogens with zero attached hydrogens (tertiary/aromatic N) is 2. The number of carbonyl (C=O) groups is 2. The number of ether oxygens (including phenoxy) is 3. The number of hydrogen-bond acceptors (Lipinski definition) is 7. The number of aromatic nitrogens is 1. The highest BCUT2D eigenvalue weighted by molar-refractivity contribution is 6.03. The minimum absolute atomic E-state index is 0.0000241. The van der Waals surface area contributed by atoms with Crippen LogP contribution in [0.1, 0.15) is 44.6 Å². The van der Waals surface area contributed by atoms with Crippen molar-refractivity contribution in [2.45, 2.75) is 33.4 Å². The van der Waals surface area contributed by atoms with E-state index in [9.17, 15) is 9.59 Å². The van der Waals surface area contributed by atoms with Gasteiger partial charge < -0.3 is 19.2 Å². The van der Waals surface area contributed by atoms with Crippen LogP contribution in [0.4, 0.5) is 0 Å². The molecule has 31 heavy (non-hydrogen) atoms. The molecule has 1 fully saturated rings. The van der Waals surface area contributed by atoms with Crippen LogP contribution in [0.25, 0.3) is 0 Å². The van der Waals surface area contributed by atoms with Gasteiger partial charge in [-0.2, -0.15) is 0 Å². The van der Waals surface area contributed by atoms with Crippen molar-refractivity contribution in [3.8, 4) is 11.5 Å². The number of aromatic amines is 1. The minimum Gasteiger partial charge on any atom is -0.465 e. The Kier molecular flexibility index (Phi) is 6.02. The highest BCUT2D eigenvalue weighted by Gasteiger charge is 2.30. The number of Topliss-reactive ketones (excluding diaryl/α,β-unsaturated/α-hetero) is 1. The Hall–Kier alpha value is -2.84. The van der Waals surface area contributed by atoms with E-state index in [1.165, 1.54) is 12.7 Å². The third-order valence-corrected chi connectivity index (χ3v) is 6.25. The quantitative estimate of drug-likeness (QED) is 0.560. The molecule has 2 aromatic rings. The number of piperazine rings is 1. The number of H-pyrrole nitrogens is 1. The number of ketones is 1. The number of hydrogen-bond donors (Lipinski definition) is 1. The molecule has 2 aliphatic rings. The summed E-state index contributed by atoms with van der Waals surface area (Å²) in [5, 5.41) is 0. The molecular formula is C23H29N3O5. The molecule has 8 heteroatoms. The van der Waals surface area contributed by atoms with Gasteiger partial charge in [-0.1, -0.05) is 6.07 Å². The van der Waals surface area contributed by atoms with E-state index >= 15 is 0 Å². The first-order valence-electron chi connectivity index (χ1n) is 10.6. The molecule has 0 amide bonds. The molecule has 4 rings (SSSR count). The minimum atomic E-state index is -0.421. The lowest BCUT2D eigenvalue weighted by Gasteiger charge is -2.37. The second kappa shape index (κ2) is 8.72. The maximum Gasteiger partial charge on any atom is 0.339 e. The lowest BCUT2D eigenvalue weighted by atomic mass is 10.0. The molecule has 1 atom stereocenters. The molecule has 0 saturated carbocycles. The van der Waals surface area contributed by atoms with Crippen molar-refractivity contribution in [2.24, 2.45) is 0 Å². The van der Waals surface area contributed by atoms with Crippen LogP contribution < -0.4 is 9.47 Å². The zero-order valence-electron chi connectivity index (χ0n) is 18.5. The summed E-state index contributed by atoms with van der Waals surface area (Å²) in [4.78, 5) is 32.9. The second-order valence-corrected chi connectivity index (χ2v) is 8.16. The summed E-state index contributed by atoms with van der Waals surface area (Å²) in [6, 6.07) is 5.80. The van der Waals surface area contributed by atoms with E-state index in [0.717, 1.165) is 44.2 Å². The van der Waals surface area contributed by atoms with Crippen LogP contribution in [-0.2, 0) is 11.3 Å². The SMILES string of the molecule is COC(=O)c1c(C)[nH]c(C(=O)C(C)N2CCN(Cc3ccc4c(c3)OCO4)CC2)c1C. The van der Waals surface area contributed by atoms with Crippen LogP contribution in [0.15, 0.2) is 18.2 Å². The predicted molar refractivity (Wildman–Crippen MR) is 115 cm³/mol. The monoisotopic (exact) mass is 427 g/mol. The van der Waals surface area contributed by atoms with Crippen molar-refractivity contribution in [1.82, 2.24) is 14.8 Å². The van der Waals surface area contributed by atoms with E-state index in [1.54, 1.807) is 13.8 Å². The first kappa shape index (κ1) is 21.4. The molecule has 0 aliphatic carbocycles. The van der Waals surface area contributed by atoms with Crippen molar-refractivity contribution in [1.29, 1.82) is 0 Å². The number of carbonyl (C=O) groups excluding carboxylic acids is 2. The molecule has 2 aliphatic heterocycles. The molecule has 1 unspecified atom stereocenters. The molecule has 3 heterocycles. The Balaban J connectivity index is 1.36. The van der Waals surface area contributed by atoms with Gasteiger partial charge in [-0.05, 0) is 44.0 Å². The molecule has 1 saturated heterocycles. The molecule has 1 aromatic heterocycles. The molecule has 1 aromatic carbocycles. The van der Waals surface area contributed by atoms with Gasteiger partial charge in [0.2, 0.25) is 6.79 Å². The predicted octanol–water partition coefficient (Wildman–Crippen LogP) is 2.54. The fraction of sp³-hybridized carbons (Fsp3) is 0.478. The first-order chi connectivity index (χ1) is 14.9. The summed E-state index contributed by atoms with van der Waals surface area (Å²) in [6.45, 7) is 10.00. The third kappa shape index (κ3) is 4.18. The summed E-state index contributed by atoms with van der Waals surface area (Å²) in [5.41, 5.74) is 3.45. The molecule has 0 radical (unpaired) electrons. The van der Waals surface area contributed by atoms with Crippen molar-refractivity contribution in [3.63, 3.8) is 0 Å². The maximum absolute atomic E-state index is 13.2. The van der Waals surface area contributed by atoms with E-state index < -0.39 is 5.97 Å². The lowest BCUT2D eigenvalue weighted by molar-refractivity contribution is 0.0599.